The van der Waals surface area contributed by atoms with Crippen LogP contribution < -0.4 is 10.1 Å². The number of nitrogens with one attached hydrogen (secondary N) is 1. The van der Waals surface area contributed by atoms with Crippen LogP contribution in [-0.4, -0.2) is 13.7 Å². The fourth-order valence-electron chi connectivity index (χ4n) is 1.79. The van der Waals surface area contributed by atoms with Gasteiger partial charge in [0.2, 0.25) is 0 Å². The van der Waals surface area contributed by atoms with Crippen LogP contribution in [0.15, 0.2) is 18.2 Å². The van der Waals surface area contributed by atoms with Gasteiger partial charge >= 0.3 is 0 Å². The van der Waals surface area contributed by atoms with Crippen molar-refractivity contribution in [3.63, 3.8) is 0 Å². The number of benzene rings is 1. The second-order valence-corrected chi connectivity index (χ2v) is 4.38. The van der Waals surface area contributed by atoms with E-state index in [1.54, 1.807) is 7.11 Å². The van der Waals surface area contributed by atoms with Gasteiger partial charge < -0.3 is 10.1 Å². The van der Waals surface area contributed by atoms with Gasteiger partial charge in [-0.05, 0) is 49.4 Å². The topological polar surface area (TPSA) is 21.3 Å². The molecular formula is C13H19NO. The molecule has 2 heteroatoms. The second kappa shape index (κ2) is 4.67. The minimum absolute atomic E-state index is 0.948. The summed E-state index contributed by atoms with van der Waals surface area (Å²) < 4.78 is 5.23. The van der Waals surface area contributed by atoms with Gasteiger partial charge in [-0.3, -0.25) is 0 Å². The van der Waals surface area contributed by atoms with Crippen LogP contribution in [-0.2, 0) is 6.54 Å². The third kappa shape index (κ3) is 2.96. The van der Waals surface area contributed by atoms with Gasteiger partial charge in [0.15, 0.2) is 0 Å². The van der Waals surface area contributed by atoms with Gasteiger partial charge in [-0.25, -0.2) is 0 Å². The average Bonchev–Trinajstić information content (AvgIpc) is 3.02. The Morgan fingerprint density at radius 2 is 2.20 bits per heavy atom. The summed E-state index contributed by atoms with van der Waals surface area (Å²) in [6.07, 6.45) is 2.82. The highest BCUT2D eigenvalue weighted by Crippen LogP contribution is 2.27. The van der Waals surface area contributed by atoms with Crippen LogP contribution in [0.3, 0.4) is 0 Å². The molecule has 82 valence electrons. The van der Waals surface area contributed by atoms with Crippen LogP contribution in [0, 0.1) is 12.8 Å². The number of aryl methyl sites for hydroxylation is 1. The SMILES string of the molecule is COc1ccc(CNCC2CC2)cc1C. The van der Waals surface area contributed by atoms with E-state index >= 15 is 0 Å². The highest BCUT2D eigenvalue weighted by Gasteiger charge is 2.20. The van der Waals surface area contributed by atoms with Crippen molar-refractivity contribution in [2.75, 3.05) is 13.7 Å². The largest absolute Gasteiger partial charge is 0.496 e. The Kier molecular flexibility index (Phi) is 3.27. The van der Waals surface area contributed by atoms with Crippen LogP contribution in [0.5, 0.6) is 5.75 Å². The van der Waals surface area contributed by atoms with E-state index in [1.807, 2.05) is 6.07 Å². The number of ether oxygens (including phenoxy) is 1. The molecule has 0 unspecified atom stereocenters. The van der Waals surface area contributed by atoms with Crippen LogP contribution in [0.4, 0.5) is 0 Å². The Balaban J connectivity index is 1.87. The summed E-state index contributed by atoms with van der Waals surface area (Å²) in [6, 6.07) is 6.37. The Morgan fingerprint density at radius 3 is 2.80 bits per heavy atom. The highest BCUT2D eigenvalue weighted by atomic mass is 16.5. The monoisotopic (exact) mass is 205 g/mol. The number of hydrogen-bond acceptors (Lipinski definition) is 2. The molecule has 0 heterocycles. The Bertz CT molecular complexity index is 331. The molecule has 0 bridgehead atoms. The summed E-state index contributed by atoms with van der Waals surface area (Å²) in [4.78, 5) is 0. The van der Waals surface area contributed by atoms with Crippen LogP contribution in [0.2, 0.25) is 0 Å². The molecule has 0 aliphatic heterocycles. The molecule has 0 atom stereocenters. The molecule has 0 amide bonds. The Morgan fingerprint density at radius 1 is 1.40 bits per heavy atom. The van der Waals surface area contributed by atoms with Crippen molar-refractivity contribution >= 4 is 0 Å². The highest BCUT2D eigenvalue weighted by molar-refractivity contribution is 5.36. The third-order valence-electron chi connectivity index (χ3n) is 2.92. The molecular weight excluding hydrogens is 186 g/mol. The average molecular weight is 205 g/mol. The minimum atomic E-state index is 0.948. The van der Waals surface area contributed by atoms with E-state index in [-0.39, 0.29) is 0 Å². The molecule has 1 aromatic carbocycles. The van der Waals surface area contributed by atoms with E-state index < -0.39 is 0 Å². The van der Waals surface area contributed by atoms with Gasteiger partial charge in [0.05, 0.1) is 7.11 Å². The fraction of sp³-hybridized carbons (Fsp3) is 0.538. The van der Waals surface area contributed by atoms with E-state index in [0.717, 1.165) is 18.2 Å². The molecule has 0 spiro atoms. The lowest BCUT2D eigenvalue weighted by atomic mass is 10.1. The Labute approximate surface area is 91.6 Å². The summed E-state index contributed by atoms with van der Waals surface area (Å²) in [5.74, 6) is 1.92. The maximum Gasteiger partial charge on any atom is 0.121 e. The first-order valence-electron chi connectivity index (χ1n) is 5.64. The zero-order valence-corrected chi connectivity index (χ0v) is 9.55. The molecule has 1 aliphatic rings. The van der Waals surface area contributed by atoms with Crippen molar-refractivity contribution in [1.29, 1.82) is 0 Å². The molecule has 0 radical (unpaired) electrons. The van der Waals surface area contributed by atoms with Crippen LogP contribution in [0.25, 0.3) is 0 Å². The number of hydrogen-bond donors (Lipinski definition) is 1. The number of methoxy groups -OCH3 is 1. The van der Waals surface area contributed by atoms with E-state index in [1.165, 1.54) is 30.5 Å². The predicted molar refractivity (Wildman–Crippen MR) is 62.2 cm³/mol. The first-order chi connectivity index (χ1) is 7.29. The van der Waals surface area contributed by atoms with Crippen LogP contribution >= 0.6 is 0 Å². The Hall–Kier alpha value is -1.02. The van der Waals surface area contributed by atoms with E-state index in [9.17, 15) is 0 Å². The van der Waals surface area contributed by atoms with Gasteiger partial charge in [0.1, 0.15) is 5.75 Å². The van der Waals surface area contributed by atoms with Crippen molar-refractivity contribution in [3.05, 3.63) is 29.3 Å². The lowest BCUT2D eigenvalue weighted by Gasteiger charge is -2.08. The maximum absolute atomic E-state index is 5.23. The summed E-state index contributed by atoms with van der Waals surface area (Å²) in [5, 5.41) is 3.49. The normalized spacial score (nSPS) is 15.3. The van der Waals surface area contributed by atoms with Crippen molar-refractivity contribution in [2.24, 2.45) is 5.92 Å². The van der Waals surface area contributed by atoms with Gasteiger partial charge in [-0.15, -0.1) is 0 Å². The summed E-state index contributed by atoms with van der Waals surface area (Å²) in [6.45, 7) is 4.23. The first-order valence-corrected chi connectivity index (χ1v) is 5.64. The molecule has 0 saturated heterocycles. The molecule has 15 heavy (non-hydrogen) atoms. The summed E-state index contributed by atoms with van der Waals surface area (Å²) >= 11 is 0. The zero-order valence-electron chi connectivity index (χ0n) is 9.55. The molecule has 1 aromatic rings. The fourth-order valence-corrected chi connectivity index (χ4v) is 1.79. The lowest BCUT2D eigenvalue weighted by molar-refractivity contribution is 0.411. The summed E-state index contributed by atoms with van der Waals surface area (Å²) in [5.41, 5.74) is 2.55. The van der Waals surface area contributed by atoms with Crippen molar-refractivity contribution in [3.8, 4) is 5.75 Å². The second-order valence-electron chi connectivity index (χ2n) is 4.38. The third-order valence-corrected chi connectivity index (χ3v) is 2.92. The molecule has 1 aliphatic carbocycles. The molecule has 1 N–H and O–H groups in total. The van der Waals surface area contributed by atoms with E-state index in [2.05, 4.69) is 24.4 Å². The van der Waals surface area contributed by atoms with Gasteiger partial charge in [0.25, 0.3) is 0 Å². The zero-order chi connectivity index (χ0) is 10.7. The quantitative estimate of drug-likeness (QED) is 0.797. The maximum atomic E-state index is 5.23. The molecule has 1 fully saturated rings. The lowest BCUT2D eigenvalue weighted by Crippen LogP contribution is -2.16. The van der Waals surface area contributed by atoms with E-state index in [0.29, 0.717) is 0 Å². The summed E-state index contributed by atoms with van der Waals surface area (Å²) in [7, 11) is 1.72. The van der Waals surface area contributed by atoms with Crippen LogP contribution in [0.1, 0.15) is 24.0 Å². The van der Waals surface area contributed by atoms with Gasteiger partial charge in [0, 0.05) is 6.54 Å². The predicted octanol–water partition coefficient (Wildman–Crippen LogP) is 2.50. The smallest absolute Gasteiger partial charge is 0.121 e. The molecule has 2 nitrogen and oxygen atoms in total. The molecule has 0 aromatic heterocycles. The van der Waals surface area contributed by atoms with Crippen molar-refractivity contribution in [2.45, 2.75) is 26.3 Å². The van der Waals surface area contributed by atoms with Gasteiger partial charge in [-0.2, -0.15) is 0 Å². The van der Waals surface area contributed by atoms with E-state index in [4.69, 9.17) is 4.74 Å². The molecule has 1 saturated carbocycles. The molecule has 2 rings (SSSR count). The van der Waals surface area contributed by atoms with Gasteiger partial charge in [-0.1, -0.05) is 12.1 Å². The van der Waals surface area contributed by atoms with Crippen molar-refractivity contribution < 1.29 is 4.74 Å². The minimum Gasteiger partial charge on any atom is -0.496 e. The first kappa shape index (κ1) is 10.5. The number of rotatable bonds is 5. The standard InChI is InChI=1S/C13H19NO/c1-10-7-12(5-6-13(10)15-2)9-14-8-11-3-4-11/h5-7,11,14H,3-4,8-9H2,1-2H3. The van der Waals surface area contributed by atoms with Crippen molar-refractivity contribution in [1.82, 2.24) is 5.32 Å².